The quantitative estimate of drug-likeness (QED) is 0.767. The van der Waals surface area contributed by atoms with Crippen molar-refractivity contribution in [1.82, 2.24) is 25.0 Å². The molecular formula is C17H23N5O3. The lowest BCUT2D eigenvalue weighted by atomic mass is 9.86. The highest BCUT2D eigenvalue weighted by Gasteiger charge is 2.26. The van der Waals surface area contributed by atoms with Gasteiger partial charge in [0, 0.05) is 25.0 Å². The van der Waals surface area contributed by atoms with Crippen molar-refractivity contribution in [2.75, 3.05) is 13.2 Å². The fourth-order valence-electron chi connectivity index (χ4n) is 3.61. The summed E-state index contributed by atoms with van der Waals surface area (Å²) in [6.07, 6.45) is 8.74. The summed E-state index contributed by atoms with van der Waals surface area (Å²) in [6, 6.07) is 0. The lowest BCUT2D eigenvalue weighted by molar-refractivity contribution is 0.0791. The van der Waals surface area contributed by atoms with E-state index in [9.17, 15) is 4.79 Å². The standard InChI is InChI=1S/C17H23N5O3/c23-15(12-4-2-1-3-5-12)16-18-11-22(21-16)10-14-19-20-17(25-14)13-6-8-24-9-7-13/h11-13H,1-10H2. The van der Waals surface area contributed by atoms with Gasteiger partial charge >= 0.3 is 0 Å². The molecule has 0 aromatic carbocycles. The van der Waals surface area contributed by atoms with Crippen LogP contribution in [0.4, 0.5) is 0 Å². The molecule has 1 saturated heterocycles. The summed E-state index contributed by atoms with van der Waals surface area (Å²) in [4.78, 5) is 16.7. The molecule has 0 unspecified atom stereocenters. The Morgan fingerprint density at radius 2 is 1.92 bits per heavy atom. The number of hydrogen-bond acceptors (Lipinski definition) is 7. The maximum Gasteiger partial charge on any atom is 0.238 e. The van der Waals surface area contributed by atoms with Crippen LogP contribution in [0, 0.1) is 5.92 Å². The molecule has 0 bridgehead atoms. The maximum atomic E-state index is 12.5. The first-order valence-electron chi connectivity index (χ1n) is 9.13. The fraction of sp³-hybridized carbons (Fsp3) is 0.706. The van der Waals surface area contributed by atoms with Crippen LogP contribution < -0.4 is 0 Å². The number of rotatable bonds is 5. The van der Waals surface area contributed by atoms with Gasteiger partial charge in [-0.2, -0.15) is 0 Å². The molecule has 0 N–H and O–H groups in total. The molecule has 0 atom stereocenters. The van der Waals surface area contributed by atoms with Crippen molar-refractivity contribution >= 4 is 5.78 Å². The lowest BCUT2D eigenvalue weighted by Crippen LogP contribution is -2.19. The summed E-state index contributed by atoms with van der Waals surface area (Å²) in [5.74, 6) is 1.87. The van der Waals surface area contributed by atoms with E-state index in [2.05, 4.69) is 20.3 Å². The van der Waals surface area contributed by atoms with Crippen LogP contribution >= 0.6 is 0 Å². The smallest absolute Gasteiger partial charge is 0.238 e. The van der Waals surface area contributed by atoms with E-state index >= 15 is 0 Å². The molecule has 4 rings (SSSR count). The number of carbonyl (C=O) groups excluding carboxylic acids is 1. The minimum absolute atomic E-state index is 0.0619. The number of aromatic nitrogens is 5. The van der Waals surface area contributed by atoms with Crippen molar-refractivity contribution in [3.8, 4) is 0 Å². The van der Waals surface area contributed by atoms with E-state index < -0.39 is 0 Å². The SMILES string of the molecule is O=C(c1ncn(Cc2nnc(C3CCOCC3)o2)n1)C1CCCCC1. The molecule has 1 aliphatic carbocycles. The third-order valence-corrected chi connectivity index (χ3v) is 5.08. The normalized spacial score (nSPS) is 20.0. The van der Waals surface area contributed by atoms with Gasteiger partial charge in [-0.15, -0.1) is 15.3 Å². The second kappa shape index (κ2) is 7.43. The van der Waals surface area contributed by atoms with E-state index in [1.54, 1.807) is 11.0 Å². The molecule has 0 spiro atoms. The summed E-state index contributed by atoms with van der Waals surface area (Å²) in [5.41, 5.74) is 0. The average molecular weight is 345 g/mol. The topological polar surface area (TPSA) is 95.9 Å². The molecule has 0 amide bonds. The van der Waals surface area contributed by atoms with Crippen molar-refractivity contribution in [3.05, 3.63) is 23.9 Å². The molecule has 1 saturated carbocycles. The Bertz CT molecular complexity index is 713. The second-order valence-corrected chi connectivity index (χ2v) is 6.89. The maximum absolute atomic E-state index is 12.5. The van der Waals surface area contributed by atoms with E-state index in [1.165, 1.54) is 6.42 Å². The van der Waals surface area contributed by atoms with Gasteiger partial charge in [-0.3, -0.25) is 4.79 Å². The molecule has 2 fully saturated rings. The van der Waals surface area contributed by atoms with Crippen molar-refractivity contribution in [3.63, 3.8) is 0 Å². The minimum Gasteiger partial charge on any atom is -0.423 e. The van der Waals surface area contributed by atoms with Crippen LogP contribution in [0.25, 0.3) is 0 Å². The van der Waals surface area contributed by atoms with Gasteiger partial charge in [0.05, 0.1) is 0 Å². The van der Waals surface area contributed by atoms with E-state index in [0.717, 1.165) is 51.7 Å². The Labute approximate surface area is 146 Å². The van der Waals surface area contributed by atoms with Gasteiger partial charge < -0.3 is 9.15 Å². The lowest BCUT2D eigenvalue weighted by Gasteiger charge is -2.18. The number of Topliss-reactive ketones (excluding diaryl/α,β-unsaturated/α-hetero) is 1. The van der Waals surface area contributed by atoms with E-state index in [1.807, 2.05) is 0 Å². The molecule has 8 nitrogen and oxygen atoms in total. The Morgan fingerprint density at radius 1 is 1.12 bits per heavy atom. The summed E-state index contributed by atoms with van der Waals surface area (Å²) >= 11 is 0. The van der Waals surface area contributed by atoms with Gasteiger partial charge in [0.1, 0.15) is 12.9 Å². The number of carbonyl (C=O) groups is 1. The molecule has 134 valence electrons. The third kappa shape index (κ3) is 3.78. The molecule has 1 aliphatic heterocycles. The van der Waals surface area contributed by atoms with E-state index in [0.29, 0.717) is 24.2 Å². The molecular weight excluding hydrogens is 322 g/mol. The number of nitrogens with zero attached hydrogens (tertiary/aromatic N) is 5. The Balaban J connectivity index is 1.39. The zero-order chi connectivity index (χ0) is 17.1. The minimum atomic E-state index is 0.0619. The van der Waals surface area contributed by atoms with Gasteiger partial charge in [0.25, 0.3) is 0 Å². The van der Waals surface area contributed by atoms with Gasteiger partial charge in [0.2, 0.25) is 23.4 Å². The fourth-order valence-corrected chi connectivity index (χ4v) is 3.61. The van der Waals surface area contributed by atoms with Crippen molar-refractivity contribution in [2.45, 2.75) is 57.4 Å². The summed E-state index contributed by atoms with van der Waals surface area (Å²) in [7, 11) is 0. The molecule has 25 heavy (non-hydrogen) atoms. The highest BCUT2D eigenvalue weighted by molar-refractivity contribution is 5.94. The first kappa shape index (κ1) is 16.4. The Morgan fingerprint density at radius 3 is 2.72 bits per heavy atom. The van der Waals surface area contributed by atoms with Crippen molar-refractivity contribution in [2.24, 2.45) is 5.92 Å². The number of ether oxygens (including phenoxy) is 1. The Kier molecular flexibility index (Phi) is 4.87. The van der Waals surface area contributed by atoms with E-state index in [4.69, 9.17) is 9.15 Å². The number of hydrogen-bond donors (Lipinski definition) is 0. The van der Waals surface area contributed by atoms with Crippen molar-refractivity contribution < 1.29 is 13.9 Å². The van der Waals surface area contributed by atoms with Crippen LogP contribution in [-0.2, 0) is 11.3 Å². The van der Waals surface area contributed by atoms with Crippen LogP contribution in [0.2, 0.25) is 0 Å². The molecule has 0 radical (unpaired) electrons. The predicted molar refractivity (Wildman–Crippen MR) is 87.1 cm³/mol. The van der Waals surface area contributed by atoms with Crippen LogP contribution in [-0.4, -0.2) is 44.0 Å². The zero-order valence-electron chi connectivity index (χ0n) is 14.3. The summed E-state index contributed by atoms with van der Waals surface area (Å²) < 4.78 is 12.7. The average Bonchev–Trinajstić information content (AvgIpc) is 3.33. The molecule has 3 heterocycles. The van der Waals surface area contributed by atoms with Crippen LogP contribution in [0.1, 0.15) is 73.3 Å². The van der Waals surface area contributed by atoms with Crippen LogP contribution in [0.5, 0.6) is 0 Å². The highest BCUT2D eigenvalue weighted by atomic mass is 16.5. The molecule has 8 heteroatoms. The summed E-state index contributed by atoms with van der Waals surface area (Å²) in [6.45, 7) is 1.80. The van der Waals surface area contributed by atoms with Crippen LogP contribution in [0.15, 0.2) is 10.7 Å². The molecule has 2 aromatic rings. The second-order valence-electron chi connectivity index (χ2n) is 6.89. The van der Waals surface area contributed by atoms with Gasteiger partial charge in [-0.05, 0) is 25.7 Å². The largest absolute Gasteiger partial charge is 0.423 e. The molecule has 2 aromatic heterocycles. The zero-order valence-corrected chi connectivity index (χ0v) is 14.3. The van der Waals surface area contributed by atoms with Gasteiger partial charge in [-0.1, -0.05) is 19.3 Å². The van der Waals surface area contributed by atoms with Gasteiger partial charge in [-0.25, -0.2) is 9.67 Å². The van der Waals surface area contributed by atoms with Crippen LogP contribution in [0.3, 0.4) is 0 Å². The highest BCUT2D eigenvalue weighted by Crippen LogP contribution is 2.27. The summed E-state index contributed by atoms with van der Waals surface area (Å²) in [5, 5.41) is 12.6. The van der Waals surface area contributed by atoms with E-state index in [-0.39, 0.29) is 17.6 Å². The predicted octanol–water partition coefficient (Wildman–Crippen LogP) is 2.37. The first-order chi connectivity index (χ1) is 12.3. The van der Waals surface area contributed by atoms with Gasteiger partial charge in [0.15, 0.2) is 0 Å². The van der Waals surface area contributed by atoms with Crippen molar-refractivity contribution in [1.29, 1.82) is 0 Å². The number of ketones is 1. The Hall–Kier alpha value is -2.09. The first-order valence-corrected chi connectivity index (χ1v) is 9.13. The molecule has 2 aliphatic rings. The monoisotopic (exact) mass is 345 g/mol. The third-order valence-electron chi connectivity index (χ3n) is 5.08.